The number of fused-ring (bicyclic) bond motifs is 1. The van der Waals surface area contributed by atoms with Gasteiger partial charge in [0.1, 0.15) is 11.6 Å². The molecule has 0 spiro atoms. The number of amides is 1. The Morgan fingerprint density at radius 3 is 2.57 bits per heavy atom. The molecule has 5 rings (SSSR count). The predicted octanol–water partition coefficient (Wildman–Crippen LogP) is 6.85. The second-order valence-corrected chi connectivity index (χ2v) is 9.18. The van der Waals surface area contributed by atoms with Crippen LogP contribution in [0.2, 0.25) is 0 Å². The number of aromatic nitrogens is 2. The molecule has 0 aliphatic carbocycles. The Balaban J connectivity index is 1.57. The highest BCUT2D eigenvalue weighted by atomic mass is 19.4. The first-order valence-electron chi connectivity index (χ1n) is 11.3. The number of nitrogens with zero attached hydrogens (tertiary/aromatic N) is 2. The van der Waals surface area contributed by atoms with E-state index in [0.29, 0.717) is 47.4 Å². The number of halogens is 4. The van der Waals surface area contributed by atoms with Crippen LogP contribution in [-0.2, 0) is 11.7 Å². The van der Waals surface area contributed by atoms with Gasteiger partial charge in [0, 0.05) is 17.7 Å². The molecule has 1 unspecified atom stereocenters. The van der Waals surface area contributed by atoms with Gasteiger partial charge in [0.05, 0.1) is 22.1 Å². The van der Waals surface area contributed by atoms with Crippen molar-refractivity contribution in [2.24, 2.45) is 0 Å². The van der Waals surface area contributed by atoms with Gasteiger partial charge in [-0.15, -0.1) is 0 Å². The van der Waals surface area contributed by atoms with Crippen molar-refractivity contribution < 1.29 is 22.4 Å². The quantitative estimate of drug-likeness (QED) is 0.326. The number of likely N-dealkylation sites (tertiary alicyclic amines) is 1. The Kier molecular flexibility index (Phi) is 5.42. The normalized spacial score (nSPS) is 18.4. The van der Waals surface area contributed by atoms with Crippen LogP contribution in [-0.4, -0.2) is 27.3 Å². The maximum absolute atomic E-state index is 14.6. The molecule has 3 aromatic carbocycles. The molecule has 1 saturated heterocycles. The van der Waals surface area contributed by atoms with E-state index < -0.39 is 23.1 Å². The third-order valence-corrected chi connectivity index (χ3v) is 6.78. The van der Waals surface area contributed by atoms with Gasteiger partial charge in [-0.1, -0.05) is 35.9 Å². The number of benzene rings is 3. The lowest BCUT2D eigenvalue weighted by Crippen LogP contribution is -2.43. The minimum absolute atomic E-state index is 0.193. The maximum Gasteiger partial charge on any atom is 0.416 e. The molecule has 0 radical (unpaired) electrons. The fourth-order valence-electron chi connectivity index (χ4n) is 4.87. The van der Waals surface area contributed by atoms with E-state index in [1.807, 2.05) is 19.9 Å². The molecule has 180 valence electrons. The average molecular weight is 481 g/mol. The number of H-pyrrole nitrogens is 1. The Morgan fingerprint density at radius 2 is 1.83 bits per heavy atom. The number of carbonyl (C=O) groups is 1. The van der Waals surface area contributed by atoms with E-state index in [4.69, 9.17) is 0 Å². The molecule has 1 N–H and O–H groups in total. The van der Waals surface area contributed by atoms with Crippen LogP contribution in [0.4, 0.5) is 17.6 Å². The Labute approximate surface area is 199 Å². The molecule has 4 aromatic rings. The third-order valence-electron chi connectivity index (χ3n) is 6.78. The number of aromatic amines is 1. The predicted molar refractivity (Wildman–Crippen MR) is 125 cm³/mol. The van der Waals surface area contributed by atoms with Crippen molar-refractivity contribution in [3.63, 3.8) is 0 Å². The number of rotatable bonds is 3. The summed E-state index contributed by atoms with van der Waals surface area (Å²) < 4.78 is 54.2. The minimum Gasteiger partial charge on any atom is -0.340 e. The van der Waals surface area contributed by atoms with Gasteiger partial charge in [-0.3, -0.25) is 4.79 Å². The van der Waals surface area contributed by atoms with Gasteiger partial charge < -0.3 is 9.88 Å². The van der Waals surface area contributed by atoms with Gasteiger partial charge in [-0.05, 0) is 62.6 Å². The smallest absolute Gasteiger partial charge is 0.340 e. The summed E-state index contributed by atoms with van der Waals surface area (Å²) in [6.07, 6.45) is -3.18. The summed E-state index contributed by atoms with van der Waals surface area (Å²) in [6.45, 7) is 4.17. The Morgan fingerprint density at radius 1 is 1.06 bits per heavy atom. The van der Waals surface area contributed by atoms with E-state index in [9.17, 15) is 22.4 Å². The van der Waals surface area contributed by atoms with Crippen LogP contribution in [0.25, 0.3) is 22.2 Å². The molecule has 0 bridgehead atoms. The van der Waals surface area contributed by atoms with E-state index >= 15 is 0 Å². The van der Waals surface area contributed by atoms with Gasteiger partial charge in [0.25, 0.3) is 5.91 Å². The van der Waals surface area contributed by atoms with Crippen molar-refractivity contribution in [3.8, 4) is 11.1 Å². The summed E-state index contributed by atoms with van der Waals surface area (Å²) in [7, 11) is 0. The number of hydrogen-bond donors (Lipinski definition) is 1. The second kappa shape index (κ2) is 8.22. The van der Waals surface area contributed by atoms with Crippen LogP contribution >= 0.6 is 0 Å². The first-order chi connectivity index (χ1) is 16.6. The first-order valence-corrected chi connectivity index (χ1v) is 11.3. The van der Waals surface area contributed by atoms with Crippen LogP contribution in [0.15, 0.2) is 60.7 Å². The number of aryl methyl sites for hydroxylation is 1. The lowest BCUT2D eigenvalue weighted by atomic mass is 9.93. The van der Waals surface area contributed by atoms with Crippen molar-refractivity contribution >= 4 is 16.9 Å². The van der Waals surface area contributed by atoms with Crippen molar-refractivity contribution in [2.45, 2.75) is 38.4 Å². The third kappa shape index (κ3) is 3.96. The summed E-state index contributed by atoms with van der Waals surface area (Å²) in [5, 5.41) is 0. The van der Waals surface area contributed by atoms with Crippen LogP contribution in [0.5, 0.6) is 0 Å². The van der Waals surface area contributed by atoms with Gasteiger partial charge in [0.15, 0.2) is 0 Å². The molecule has 1 aliphatic heterocycles. The summed E-state index contributed by atoms with van der Waals surface area (Å²) in [5.74, 6) is -0.270. The molecule has 35 heavy (non-hydrogen) atoms. The van der Waals surface area contributed by atoms with E-state index in [2.05, 4.69) is 9.97 Å². The van der Waals surface area contributed by atoms with Gasteiger partial charge >= 0.3 is 6.18 Å². The zero-order chi connectivity index (χ0) is 25.0. The van der Waals surface area contributed by atoms with Gasteiger partial charge in [-0.25, -0.2) is 9.37 Å². The highest BCUT2D eigenvalue weighted by Gasteiger charge is 2.44. The monoisotopic (exact) mass is 481 g/mol. The molecule has 1 aliphatic rings. The zero-order valence-electron chi connectivity index (χ0n) is 19.2. The van der Waals surface area contributed by atoms with Crippen LogP contribution < -0.4 is 0 Å². The van der Waals surface area contributed by atoms with Crippen LogP contribution in [0.1, 0.15) is 47.1 Å². The number of carbonyl (C=O) groups excluding carboxylic acids is 1. The molecule has 8 heteroatoms. The van der Waals surface area contributed by atoms with Crippen LogP contribution in [0, 0.1) is 12.7 Å². The molecule has 1 fully saturated rings. The first kappa shape index (κ1) is 23.1. The number of nitrogens with one attached hydrogen (secondary N) is 1. The van der Waals surface area contributed by atoms with Crippen molar-refractivity contribution in [1.82, 2.24) is 14.9 Å². The summed E-state index contributed by atoms with van der Waals surface area (Å²) >= 11 is 0. The zero-order valence-corrected chi connectivity index (χ0v) is 19.2. The lowest BCUT2D eigenvalue weighted by molar-refractivity contribution is -0.137. The van der Waals surface area contributed by atoms with Gasteiger partial charge in [-0.2, -0.15) is 13.2 Å². The minimum atomic E-state index is -4.47. The van der Waals surface area contributed by atoms with E-state index in [-0.39, 0.29) is 11.4 Å². The summed E-state index contributed by atoms with van der Waals surface area (Å²) in [6, 6.07) is 15.0. The molecule has 1 atom stereocenters. The standard InChI is InChI=1S/C27H23F4N3O/c1-16-8-10-18(19-6-3-4-7-21(19)28)20(14-16)24(35)34-13-5-12-26(34,2)25-32-22-11-9-17(27(29,30)31)15-23(22)33-25/h3-4,6-11,14-15H,5,12-13H2,1-2H3,(H,32,33). The van der Waals surface area contributed by atoms with Gasteiger partial charge in [0.2, 0.25) is 0 Å². The number of alkyl halides is 3. The van der Waals surface area contributed by atoms with Crippen molar-refractivity contribution in [1.29, 1.82) is 0 Å². The molecule has 1 aromatic heterocycles. The fourth-order valence-corrected chi connectivity index (χ4v) is 4.87. The molecule has 4 nitrogen and oxygen atoms in total. The topological polar surface area (TPSA) is 49.0 Å². The molecule has 0 saturated carbocycles. The van der Waals surface area contributed by atoms with Crippen molar-refractivity contribution in [2.75, 3.05) is 6.54 Å². The molecular formula is C27H23F4N3O. The molecular weight excluding hydrogens is 458 g/mol. The average Bonchev–Trinajstić information content (AvgIpc) is 3.42. The largest absolute Gasteiger partial charge is 0.416 e. The second-order valence-electron chi connectivity index (χ2n) is 9.18. The van der Waals surface area contributed by atoms with E-state index in [1.54, 1.807) is 35.2 Å². The molecule has 1 amide bonds. The molecule has 2 heterocycles. The number of hydrogen-bond acceptors (Lipinski definition) is 2. The highest BCUT2D eigenvalue weighted by Crippen LogP contribution is 2.41. The summed E-state index contributed by atoms with van der Waals surface area (Å²) in [4.78, 5) is 23.2. The lowest BCUT2D eigenvalue weighted by Gasteiger charge is -2.34. The highest BCUT2D eigenvalue weighted by molar-refractivity contribution is 6.01. The SMILES string of the molecule is Cc1ccc(-c2ccccc2F)c(C(=O)N2CCCC2(C)c2nc3cc(C(F)(F)F)ccc3[nH]2)c1. The maximum atomic E-state index is 14.6. The van der Waals surface area contributed by atoms with Crippen molar-refractivity contribution in [3.05, 3.63) is 89.0 Å². The Bertz CT molecular complexity index is 1440. The summed E-state index contributed by atoms with van der Waals surface area (Å²) in [5.41, 5.74) is 1.09. The van der Waals surface area contributed by atoms with Crippen LogP contribution in [0.3, 0.4) is 0 Å². The van der Waals surface area contributed by atoms with E-state index in [1.165, 1.54) is 12.1 Å². The number of imidazole rings is 1. The van der Waals surface area contributed by atoms with E-state index in [0.717, 1.165) is 17.7 Å². The Hall–Kier alpha value is -3.68. The fraction of sp³-hybridized carbons (Fsp3) is 0.259.